The van der Waals surface area contributed by atoms with Crippen LogP contribution >= 0.6 is 0 Å². The predicted octanol–water partition coefficient (Wildman–Crippen LogP) is 2.41. The zero-order valence-corrected chi connectivity index (χ0v) is 17.1. The van der Waals surface area contributed by atoms with E-state index in [1.54, 1.807) is 0 Å². The zero-order chi connectivity index (χ0) is 20.2. The molecule has 2 fully saturated rings. The van der Waals surface area contributed by atoms with Crippen molar-refractivity contribution in [2.75, 3.05) is 26.2 Å². The zero-order valence-electron chi connectivity index (χ0n) is 17.1. The predicted molar refractivity (Wildman–Crippen MR) is 114 cm³/mol. The molecule has 3 heterocycles. The highest BCUT2D eigenvalue weighted by molar-refractivity contribution is 5.94. The number of nitrogens with zero attached hydrogens (tertiary/aromatic N) is 2. The van der Waals surface area contributed by atoms with E-state index in [1.165, 1.54) is 0 Å². The topological polar surface area (TPSA) is 66.4 Å². The van der Waals surface area contributed by atoms with Gasteiger partial charge in [0.25, 0.3) is 5.91 Å². The SMILES string of the molecule is Cn1c(C(=O)N2CCCC(CNC(=O)C3CCCN3)C2)ccc1-c1ccccc1. The molecule has 2 aliphatic rings. The number of amides is 2. The molecule has 1 aromatic carbocycles. The lowest BCUT2D eigenvalue weighted by molar-refractivity contribution is -0.123. The number of carbonyl (C=O) groups excluding carboxylic acids is 2. The number of likely N-dealkylation sites (tertiary alicyclic amines) is 1. The molecule has 2 aliphatic heterocycles. The van der Waals surface area contributed by atoms with Gasteiger partial charge in [-0.05, 0) is 55.8 Å². The highest BCUT2D eigenvalue weighted by atomic mass is 16.2. The van der Waals surface area contributed by atoms with Gasteiger partial charge in [0.1, 0.15) is 5.69 Å². The molecule has 154 valence electrons. The van der Waals surface area contributed by atoms with Gasteiger partial charge in [0.2, 0.25) is 5.91 Å². The Bertz CT molecular complexity index is 855. The van der Waals surface area contributed by atoms with Gasteiger partial charge in [-0.1, -0.05) is 30.3 Å². The first kappa shape index (κ1) is 19.7. The number of aromatic nitrogens is 1. The van der Waals surface area contributed by atoms with Crippen molar-refractivity contribution in [3.05, 3.63) is 48.2 Å². The summed E-state index contributed by atoms with van der Waals surface area (Å²) in [5, 5.41) is 6.32. The smallest absolute Gasteiger partial charge is 0.270 e. The Kier molecular flexibility index (Phi) is 6.00. The number of hydrogen-bond acceptors (Lipinski definition) is 3. The molecule has 2 aromatic rings. The minimum Gasteiger partial charge on any atom is -0.354 e. The van der Waals surface area contributed by atoms with Gasteiger partial charge in [-0.25, -0.2) is 0 Å². The van der Waals surface area contributed by atoms with Crippen LogP contribution in [0.3, 0.4) is 0 Å². The van der Waals surface area contributed by atoms with Gasteiger partial charge in [0, 0.05) is 32.4 Å². The van der Waals surface area contributed by atoms with Crippen LogP contribution in [0.5, 0.6) is 0 Å². The Labute approximate surface area is 172 Å². The van der Waals surface area contributed by atoms with Gasteiger partial charge in [0.05, 0.1) is 6.04 Å². The Morgan fingerprint density at radius 2 is 1.93 bits per heavy atom. The number of hydrogen-bond donors (Lipinski definition) is 2. The Morgan fingerprint density at radius 3 is 2.69 bits per heavy atom. The third-order valence-electron chi connectivity index (χ3n) is 6.16. The molecular formula is C23H30N4O2. The molecule has 0 spiro atoms. The van der Waals surface area contributed by atoms with Crippen LogP contribution in [0.1, 0.15) is 36.2 Å². The Morgan fingerprint density at radius 1 is 1.10 bits per heavy atom. The normalized spacial score (nSPS) is 21.9. The van der Waals surface area contributed by atoms with Crippen LogP contribution in [-0.2, 0) is 11.8 Å². The fourth-order valence-electron chi connectivity index (χ4n) is 4.48. The molecule has 2 unspecified atom stereocenters. The van der Waals surface area contributed by atoms with Crippen molar-refractivity contribution in [1.82, 2.24) is 20.1 Å². The first-order chi connectivity index (χ1) is 14.1. The van der Waals surface area contributed by atoms with E-state index in [2.05, 4.69) is 22.8 Å². The lowest BCUT2D eigenvalue weighted by atomic mass is 9.97. The highest BCUT2D eigenvalue weighted by Gasteiger charge is 2.28. The molecule has 0 radical (unpaired) electrons. The molecule has 2 saturated heterocycles. The van der Waals surface area contributed by atoms with E-state index >= 15 is 0 Å². The van der Waals surface area contributed by atoms with E-state index in [1.807, 2.05) is 46.8 Å². The molecule has 6 nitrogen and oxygen atoms in total. The second-order valence-corrected chi connectivity index (χ2v) is 8.18. The first-order valence-corrected chi connectivity index (χ1v) is 10.6. The molecule has 1 aromatic heterocycles. The van der Waals surface area contributed by atoms with Crippen LogP contribution < -0.4 is 10.6 Å². The molecule has 2 atom stereocenters. The summed E-state index contributed by atoms with van der Waals surface area (Å²) in [6, 6.07) is 14.0. The summed E-state index contributed by atoms with van der Waals surface area (Å²) in [5.74, 6) is 0.482. The van der Waals surface area contributed by atoms with Crippen molar-refractivity contribution < 1.29 is 9.59 Å². The van der Waals surface area contributed by atoms with Gasteiger partial charge in [-0.3, -0.25) is 9.59 Å². The van der Waals surface area contributed by atoms with Crippen molar-refractivity contribution in [2.45, 2.75) is 31.7 Å². The van der Waals surface area contributed by atoms with Crippen LogP contribution in [0, 0.1) is 5.92 Å². The molecule has 2 amide bonds. The minimum atomic E-state index is -0.0453. The molecule has 6 heteroatoms. The standard InChI is InChI=1S/C23H30N4O2/c1-26-20(18-8-3-2-4-9-18)11-12-21(26)23(29)27-14-6-7-17(16-27)15-25-22(28)19-10-5-13-24-19/h2-4,8-9,11-12,17,19,24H,5-7,10,13-16H2,1H3,(H,25,28). The maximum Gasteiger partial charge on any atom is 0.270 e. The number of nitrogens with one attached hydrogen (secondary N) is 2. The van der Waals surface area contributed by atoms with Gasteiger partial charge in [-0.15, -0.1) is 0 Å². The van der Waals surface area contributed by atoms with Crippen LogP contribution in [0.2, 0.25) is 0 Å². The molecule has 2 N–H and O–H groups in total. The second-order valence-electron chi connectivity index (χ2n) is 8.18. The molecular weight excluding hydrogens is 364 g/mol. The third kappa shape index (κ3) is 4.37. The summed E-state index contributed by atoms with van der Waals surface area (Å²) in [6.07, 6.45) is 4.00. The second kappa shape index (κ2) is 8.82. The summed E-state index contributed by atoms with van der Waals surface area (Å²) in [6.45, 7) is 3.04. The molecule has 4 rings (SSSR count). The summed E-state index contributed by atoms with van der Waals surface area (Å²) in [7, 11) is 1.95. The summed E-state index contributed by atoms with van der Waals surface area (Å²) in [4.78, 5) is 27.4. The van der Waals surface area contributed by atoms with Gasteiger partial charge in [0.15, 0.2) is 0 Å². The lowest BCUT2D eigenvalue weighted by Gasteiger charge is -2.33. The average Bonchev–Trinajstić information content (AvgIpc) is 3.42. The van der Waals surface area contributed by atoms with Crippen molar-refractivity contribution in [1.29, 1.82) is 0 Å². The van der Waals surface area contributed by atoms with Crippen molar-refractivity contribution in [3.8, 4) is 11.3 Å². The van der Waals surface area contributed by atoms with Gasteiger partial charge < -0.3 is 20.1 Å². The Hall–Kier alpha value is -2.60. The number of rotatable bonds is 5. The van der Waals surface area contributed by atoms with E-state index in [9.17, 15) is 9.59 Å². The lowest BCUT2D eigenvalue weighted by Crippen LogP contribution is -2.47. The fourth-order valence-corrected chi connectivity index (χ4v) is 4.48. The van der Waals surface area contributed by atoms with Crippen LogP contribution in [-0.4, -0.2) is 53.5 Å². The number of piperidine rings is 1. The van der Waals surface area contributed by atoms with Crippen LogP contribution in [0.4, 0.5) is 0 Å². The van der Waals surface area contributed by atoms with E-state index in [-0.39, 0.29) is 17.9 Å². The third-order valence-corrected chi connectivity index (χ3v) is 6.16. The monoisotopic (exact) mass is 394 g/mol. The molecule has 0 aliphatic carbocycles. The Balaban J connectivity index is 1.37. The quantitative estimate of drug-likeness (QED) is 0.819. The first-order valence-electron chi connectivity index (χ1n) is 10.6. The van der Waals surface area contributed by atoms with Crippen LogP contribution in [0.25, 0.3) is 11.3 Å². The van der Waals surface area contributed by atoms with E-state index in [0.717, 1.165) is 50.0 Å². The molecule has 0 saturated carbocycles. The average molecular weight is 395 g/mol. The maximum atomic E-state index is 13.2. The summed E-state index contributed by atoms with van der Waals surface area (Å²) in [5.41, 5.74) is 2.86. The van der Waals surface area contributed by atoms with Crippen molar-refractivity contribution in [3.63, 3.8) is 0 Å². The van der Waals surface area contributed by atoms with Gasteiger partial charge in [-0.2, -0.15) is 0 Å². The largest absolute Gasteiger partial charge is 0.354 e. The van der Waals surface area contributed by atoms with Crippen molar-refractivity contribution in [2.24, 2.45) is 13.0 Å². The molecule has 0 bridgehead atoms. The fraction of sp³-hybridized carbons (Fsp3) is 0.478. The highest BCUT2D eigenvalue weighted by Crippen LogP contribution is 2.24. The number of carbonyl (C=O) groups is 2. The van der Waals surface area contributed by atoms with E-state index < -0.39 is 0 Å². The van der Waals surface area contributed by atoms with Crippen molar-refractivity contribution >= 4 is 11.8 Å². The van der Waals surface area contributed by atoms with Gasteiger partial charge >= 0.3 is 0 Å². The summed E-state index contributed by atoms with van der Waals surface area (Å²) >= 11 is 0. The maximum absolute atomic E-state index is 13.2. The summed E-state index contributed by atoms with van der Waals surface area (Å²) < 4.78 is 1.98. The van der Waals surface area contributed by atoms with E-state index in [0.29, 0.717) is 24.7 Å². The molecule has 29 heavy (non-hydrogen) atoms. The van der Waals surface area contributed by atoms with Crippen LogP contribution in [0.15, 0.2) is 42.5 Å². The van der Waals surface area contributed by atoms with E-state index in [4.69, 9.17) is 0 Å². The minimum absolute atomic E-state index is 0.0453. The number of benzene rings is 1.